The highest BCUT2D eigenvalue weighted by molar-refractivity contribution is 8.00. The summed E-state index contributed by atoms with van der Waals surface area (Å²) in [5.41, 5.74) is 5.56. The summed E-state index contributed by atoms with van der Waals surface area (Å²) in [5, 5.41) is 3.71. The molecule has 0 bridgehead atoms. The zero-order chi connectivity index (χ0) is 23.5. The summed E-state index contributed by atoms with van der Waals surface area (Å²) in [6, 6.07) is 21.4. The maximum Gasteiger partial charge on any atom is 0.262 e. The summed E-state index contributed by atoms with van der Waals surface area (Å²) in [5.74, 6) is -0.123. The van der Waals surface area contributed by atoms with Gasteiger partial charge >= 0.3 is 0 Å². The van der Waals surface area contributed by atoms with Crippen molar-refractivity contribution in [1.29, 1.82) is 0 Å². The topological polar surface area (TPSA) is 64.0 Å². The number of amides is 1. The summed E-state index contributed by atoms with van der Waals surface area (Å²) in [6.07, 6.45) is 0. The fraction of sp³-hybridized carbons (Fsp3) is 0.222. The van der Waals surface area contributed by atoms with E-state index in [1.54, 1.807) is 10.6 Å². The van der Waals surface area contributed by atoms with Gasteiger partial charge in [0, 0.05) is 5.69 Å². The van der Waals surface area contributed by atoms with Gasteiger partial charge in [-0.3, -0.25) is 14.2 Å². The number of carbonyl (C=O) groups is 1. The number of thioether (sulfide) groups is 1. The van der Waals surface area contributed by atoms with Crippen LogP contribution in [0.25, 0.3) is 10.9 Å². The van der Waals surface area contributed by atoms with Gasteiger partial charge in [0.15, 0.2) is 5.16 Å². The molecule has 1 N–H and O–H groups in total. The summed E-state index contributed by atoms with van der Waals surface area (Å²) >= 11 is 1.30. The molecular formula is C27H27N3O2S. The second kappa shape index (κ2) is 9.63. The van der Waals surface area contributed by atoms with E-state index in [0.29, 0.717) is 22.6 Å². The van der Waals surface area contributed by atoms with Crippen LogP contribution >= 0.6 is 11.8 Å². The molecule has 0 radical (unpaired) electrons. The number of aromatic nitrogens is 2. The standard InChI is InChI=1S/C27H27N3O2S/c1-17-12-14-21(15-13-17)16-30-26(32)22-10-5-6-11-23(22)28-27(30)33-20(4)25(31)29-24-18(2)8-7-9-19(24)3/h5-15,20H,16H2,1-4H3,(H,29,31). The number of nitrogens with zero attached hydrogens (tertiary/aromatic N) is 2. The quantitative estimate of drug-likeness (QED) is 0.307. The Kier molecular flexibility index (Phi) is 6.65. The molecule has 0 spiro atoms. The van der Waals surface area contributed by atoms with Crippen molar-refractivity contribution in [3.8, 4) is 0 Å². The lowest BCUT2D eigenvalue weighted by molar-refractivity contribution is -0.115. The molecule has 4 rings (SSSR count). The number of hydrogen-bond donors (Lipinski definition) is 1. The molecule has 0 saturated carbocycles. The summed E-state index contributed by atoms with van der Waals surface area (Å²) in [6.45, 7) is 8.22. The van der Waals surface area contributed by atoms with Crippen LogP contribution < -0.4 is 10.9 Å². The van der Waals surface area contributed by atoms with E-state index in [1.165, 1.54) is 11.8 Å². The lowest BCUT2D eigenvalue weighted by Crippen LogP contribution is -2.27. The predicted molar refractivity (Wildman–Crippen MR) is 136 cm³/mol. The first-order valence-electron chi connectivity index (χ1n) is 10.9. The fourth-order valence-corrected chi connectivity index (χ4v) is 4.61. The Bertz CT molecular complexity index is 1360. The zero-order valence-corrected chi connectivity index (χ0v) is 20.1. The van der Waals surface area contributed by atoms with E-state index in [4.69, 9.17) is 4.98 Å². The minimum Gasteiger partial charge on any atom is -0.325 e. The van der Waals surface area contributed by atoms with E-state index in [-0.39, 0.29) is 11.5 Å². The number of carbonyl (C=O) groups excluding carboxylic acids is 1. The van der Waals surface area contributed by atoms with Crippen molar-refractivity contribution in [2.45, 2.75) is 44.6 Å². The Hall–Kier alpha value is -3.38. The van der Waals surface area contributed by atoms with Gasteiger partial charge in [-0.25, -0.2) is 4.98 Å². The number of nitrogens with one attached hydrogen (secondary N) is 1. The van der Waals surface area contributed by atoms with Gasteiger partial charge in [0.1, 0.15) is 0 Å². The summed E-state index contributed by atoms with van der Waals surface area (Å²) in [4.78, 5) is 31.2. The molecule has 4 aromatic rings. The second-order valence-electron chi connectivity index (χ2n) is 8.30. The highest BCUT2D eigenvalue weighted by atomic mass is 32.2. The van der Waals surface area contributed by atoms with Crippen molar-refractivity contribution in [1.82, 2.24) is 9.55 Å². The second-order valence-corrected chi connectivity index (χ2v) is 9.61. The molecule has 0 fully saturated rings. The Morgan fingerprint density at radius 3 is 2.33 bits per heavy atom. The molecular weight excluding hydrogens is 430 g/mol. The summed E-state index contributed by atoms with van der Waals surface area (Å²) in [7, 11) is 0. The van der Waals surface area contributed by atoms with Gasteiger partial charge < -0.3 is 5.32 Å². The molecule has 1 heterocycles. The van der Waals surface area contributed by atoms with Crippen molar-refractivity contribution in [3.05, 3.63) is 99.3 Å². The number of hydrogen-bond acceptors (Lipinski definition) is 4. The van der Waals surface area contributed by atoms with Crippen LogP contribution in [0.5, 0.6) is 0 Å². The first kappa shape index (κ1) is 22.8. The molecule has 1 aromatic heterocycles. The van der Waals surface area contributed by atoms with Crippen LogP contribution in [0, 0.1) is 20.8 Å². The van der Waals surface area contributed by atoms with Crippen LogP contribution in [0.15, 0.2) is 76.7 Å². The van der Waals surface area contributed by atoms with E-state index in [0.717, 1.165) is 27.9 Å². The fourth-order valence-electron chi connectivity index (χ4n) is 3.70. The van der Waals surface area contributed by atoms with Gasteiger partial charge in [-0.15, -0.1) is 0 Å². The largest absolute Gasteiger partial charge is 0.325 e. The highest BCUT2D eigenvalue weighted by Gasteiger charge is 2.20. The molecule has 1 unspecified atom stereocenters. The van der Waals surface area contributed by atoms with Gasteiger partial charge in [-0.05, 0) is 56.5 Å². The minimum atomic E-state index is -0.443. The predicted octanol–water partition coefficient (Wildman–Crippen LogP) is 5.49. The third-order valence-corrected chi connectivity index (χ3v) is 6.76. The normalized spacial score (nSPS) is 12.0. The van der Waals surface area contributed by atoms with E-state index in [9.17, 15) is 9.59 Å². The van der Waals surface area contributed by atoms with Crippen LogP contribution in [-0.4, -0.2) is 20.7 Å². The molecule has 168 valence electrons. The van der Waals surface area contributed by atoms with Gasteiger partial charge in [0.25, 0.3) is 5.56 Å². The van der Waals surface area contributed by atoms with Crippen LogP contribution in [0.4, 0.5) is 5.69 Å². The number of benzene rings is 3. The van der Waals surface area contributed by atoms with Gasteiger partial charge in [-0.2, -0.15) is 0 Å². The van der Waals surface area contributed by atoms with Crippen molar-refractivity contribution in [2.24, 2.45) is 0 Å². The molecule has 1 atom stereocenters. The first-order valence-corrected chi connectivity index (χ1v) is 11.8. The Labute approximate surface area is 197 Å². The Balaban J connectivity index is 1.67. The van der Waals surface area contributed by atoms with Gasteiger partial charge in [0.2, 0.25) is 5.91 Å². The summed E-state index contributed by atoms with van der Waals surface area (Å²) < 4.78 is 1.67. The molecule has 0 saturated heterocycles. The van der Waals surface area contributed by atoms with Crippen molar-refractivity contribution >= 4 is 34.3 Å². The lowest BCUT2D eigenvalue weighted by Gasteiger charge is -2.18. The number of rotatable bonds is 6. The van der Waals surface area contributed by atoms with Crippen molar-refractivity contribution < 1.29 is 4.79 Å². The molecule has 0 aliphatic heterocycles. The van der Waals surface area contributed by atoms with Gasteiger partial charge in [0.05, 0.1) is 22.7 Å². The van der Waals surface area contributed by atoms with Crippen molar-refractivity contribution in [3.63, 3.8) is 0 Å². The van der Waals surface area contributed by atoms with Crippen LogP contribution in [-0.2, 0) is 11.3 Å². The average Bonchev–Trinajstić information content (AvgIpc) is 2.80. The van der Waals surface area contributed by atoms with Gasteiger partial charge in [-0.1, -0.05) is 71.9 Å². The number of fused-ring (bicyclic) bond motifs is 1. The minimum absolute atomic E-state index is 0.106. The number of aryl methyl sites for hydroxylation is 3. The molecule has 0 aliphatic carbocycles. The molecule has 33 heavy (non-hydrogen) atoms. The third-order valence-electron chi connectivity index (χ3n) is 5.67. The zero-order valence-electron chi connectivity index (χ0n) is 19.3. The van der Waals surface area contributed by atoms with Crippen LogP contribution in [0.2, 0.25) is 0 Å². The van der Waals surface area contributed by atoms with E-state index >= 15 is 0 Å². The Morgan fingerprint density at radius 1 is 0.970 bits per heavy atom. The Morgan fingerprint density at radius 2 is 1.64 bits per heavy atom. The molecule has 5 nitrogen and oxygen atoms in total. The smallest absolute Gasteiger partial charge is 0.262 e. The molecule has 1 amide bonds. The monoisotopic (exact) mass is 457 g/mol. The molecule has 0 aliphatic rings. The maximum atomic E-state index is 13.4. The lowest BCUT2D eigenvalue weighted by atomic mass is 10.1. The third kappa shape index (κ3) is 5.01. The average molecular weight is 458 g/mol. The first-order chi connectivity index (χ1) is 15.8. The number of anilines is 1. The highest BCUT2D eigenvalue weighted by Crippen LogP contribution is 2.26. The van der Waals surface area contributed by atoms with Crippen LogP contribution in [0.1, 0.15) is 29.2 Å². The molecule has 3 aromatic carbocycles. The van der Waals surface area contributed by atoms with E-state index in [2.05, 4.69) is 5.32 Å². The molecule has 6 heteroatoms. The van der Waals surface area contributed by atoms with Crippen LogP contribution in [0.3, 0.4) is 0 Å². The van der Waals surface area contributed by atoms with E-state index in [1.807, 2.05) is 88.4 Å². The van der Waals surface area contributed by atoms with E-state index < -0.39 is 5.25 Å². The van der Waals surface area contributed by atoms with Crippen molar-refractivity contribution in [2.75, 3.05) is 5.32 Å². The maximum absolute atomic E-state index is 13.4. The SMILES string of the molecule is Cc1ccc(Cn2c(SC(C)C(=O)Nc3c(C)cccc3C)nc3ccccc3c2=O)cc1. The number of para-hydroxylation sites is 2.